The molecule has 0 saturated carbocycles. The molecule has 0 aliphatic rings. The monoisotopic (exact) mass is 412 g/mol. The summed E-state index contributed by atoms with van der Waals surface area (Å²) in [5.74, 6) is 0. The molecule has 0 bridgehead atoms. The zero-order valence-electron chi connectivity index (χ0n) is 15.7. The Bertz CT molecular complexity index is 318. The van der Waals surface area contributed by atoms with Gasteiger partial charge in [0.15, 0.2) is 0 Å². The molecule has 6 heteroatoms. The van der Waals surface area contributed by atoms with Gasteiger partial charge in [-0.2, -0.15) is 0 Å². The van der Waals surface area contributed by atoms with Gasteiger partial charge in [-0.1, -0.05) is 32.6 Å². The quantitative estimate of drug-likeness (QED) is 0.184. The maximum absolute atomic E-state index is 11.6. The summed E-state index contributed by atoms with van der Waals surface area (Å²) in [5, 5.41) is 0.867. The fraction of sp³-hybridized carbons (Fsp3) is 1.00. The van der Waals surface area contributed by atoms with Crippen LogP contribution in [0.4, 0.5) is 0 Å². The number of phosphoric ester groups is 1. The molecular weight excluding hydrogens is 374 g/mol. The summed E-state index contributed by atoms with van der Waals surface area (Å²) in [6.45, 7) is 2.77. The minimum absolute atomic E-state index is 0.257. The van der Waals surface area contributed by atoms with Crippen LogP contribution in [0.15, 0.2) is 0 Å². The van der Waals surface area contributed by atoms with Crippen LogP contribution in [0.3, 0.4) is 0 Å². The van der Waals surface area contributed by atoms with Crippen LogP contribution < -0.4 is 4.89 Å². The Morgan fingerprint density at radius 1 is 0.783 bits per heavy atom. The third kappa shape index (κ3) is 18.8. The number of hydrogen-bond donors (Lipinski definition) is 0. The van der Waals surface area contributed by atoms with Crippen molar-refractivity contribution in [2.24, 2.45) is 0 Å². The van der Waals surface area contributed by atoms with Crippen LogP contribution in [0.5, 0.6) is 0 Å². The van der Waals surface area contributed by atoms with E-state index in [1.807, 2.05) is 0 Å². The van der Waals surface area contributed by atoms with Crippen molar-refractivity contribution in [3.63, 3.8) is 0 Å². The Morgan fingerprint density at radius 2 is 1.22 bits per heavy atom. The van der Waals surface area contributed by atoms with Gasteiger partial charge in [0.25, 0.3) is 0 Å². The molecule has 0 N–H and O–H groups in total. The van der Waals surface area contributed by atoms with Gasteiger partial charge in [0.2, 0.25) is 0 Å². The van der Waals surface area contributed by atoms with E-state index in [0.717, 1.165) is 24.5 Å². The Morgan fingerprint density at radius 3 is 1.70 bits per heavy atom. The number of hydrogen-bond acceptors (Lipinski definition) is 4. The third-order valence-corrected chi connectivity index (χ3v) is 7.95. The minimum atomic E-state index is -4.08. The van der Waals surface area contributed by atoms with Crippen molar-refractivity contribution >= 4 is 21.4 Å². The van der Waals surface area contributed by atoms with E-state index in [1.165, 1.54) is 44.9 Å². The molecule has 0 spiro atoms. The van der Waals surface area contributed by atoms with Gasteiger partial charge in [-0.15, -0.1) is 0 Å². The predicted molar refractivity (Wildman–Crippen MR) is 99.5 cm³/mol. The van der Waals surface area contributed by atoms with Gasteiger partial charge >= 0.3 is 114 Å². The van der Waals surface area contributed by atoms with Crippen LogP contribution in [-0.4, -0.2) is 26.8 Å². The first-order valence-electron chi connectivity index (χ1n) is 9.17. The Hall–Kier alpha value is 0.668. The number of unbranched alkanes of at least 4 members (excludes halogenated alkanes) is 9. The van der Waals surface area contributed by atoms with Crippen molar-refractivity contribution in [3.8, 4) is 0 Å². The summed E-state index contributed by atoms with van der Waals surface area (Å²) < 4.78 is 21.4. The zero-order valence-corrected chi connectivity index (χ0v) is 18.5. The average molecular weight is 412 g/mol. The first kappa shape index (κ1) is 23.7. The van der Waals surface area contributed by atoms with Crippen molar-refractivity contribution in [2.75, 3.05) is 13.2 Å². The summed E-state index contributed by atoms with van der Waals surface area (Å²) in [6.07, 6.45) is 12.2. The molecule has 0 aliphatic heterocycles. The van der Waals surface area contributed by atoms with E-state index in [4.69, 9.17) is 9.05 Å². The summed E-state index contributed by atoms with van der Waals surface area (Å²) in [4.78, 5) is 11.6. The molecular formula is C17H38AsO4P. The molecule has 23 heavy (non-hydrogen) atoms. The third-order valence-electron chi connectivity index (χ3n) is 3.76. The fourth-order valence-corrected chi connectivity index (χ4v) is 4.63. The topological polar surface area (TPSA) is 58.6 Å². The number of rotatable bonds is 16. The van der Waals surface area contributed by atoms with E-state index in [1.54, 1.807) is 0 Å². The Balaban J connectivity index is 3.40. The van der Waals surface area contributed by atoms with Gasteiger partial charge in [-0.25, -0.2) is 0 Å². The molecule has 0 saturated heterocycles. The molecule has 0 fully saturated rings. The van der Waals surface area contributed by atoms with E-state index < -0.39 is 21.4 Å². The van der Waals surface area contributed by atoms with Gasteiger partial charge in [-0.3, -0.25) is 0 Å². The molecule has 0 amide bonds. The maximum atomic E-state index is 11.6. The van der Waals surface area contributed by atoms with Gasteiger partial charge in [-0.05, 0) is 0 Å². The van der Waals surface area contributed by atoms with Crippen molar-refractivity contribution in [1.29, 1.82) is 0 Å². The van der Waals surface area contributed by atoms with Crippen LogP contribution in [-0.2, 0) is 13.6 Å². The molecule has 0 rings (SSSR count). The van der Waals surface area contributed by atoms with Crippen LogP contribution in [0.25, 0.3) is 0 Å². The second kappa shape index (κ2) is 13.9. The molecule has 0 heterocycles. The van der Waals surface area contributed by atoms with Gasteiger partial charge < -0.3 is 0 Å². The predicted octanol–water partition coefficient (Wildman–Crippen LogP) is 5.75. The molecule has 0 aliphatic carbocycles. The average Bonchev–Trinajstić information content (AvgIpc) is 2.43. The van der Waals surface area contributed by atoms with Crippen LogP contribution in [0.2, 0.25) is 22.3 Å². The van der Waals surface area contributed by atoms with Crippen LogP contribution in [0.1, 0.15) is 71.1 Å². The second-order valence-corrected chi connectivity index (χ2v) is 19.3. The van der Waals surface area contributed by atoms with Gasteiger partial charge in [0.05, 0.1) is 0 Å². The fourth-order valence-electron chi connectivity index (χ4n) is 2.23. The normalized spacial score (nSPS) is 14.8. The second-order valence-electron chi connectivity index (χ2n) is 7.31. The zero-order chi connectivity index (χ0) is 17.6. The van der Waals surface area contributed by atoms with E-state index in [2.05, 4.69) is 24.1 Å². The van der Waals surface area contributed by atoms with E-state index in [0.29, 0.717) is 0 Å². The van der Waals surface area contributed by atoms with Crippen LogP contribution in [0, 0.1) is 0 Å². The van der Waals surface area contributed by atoms with Crippen molar-refractivity contribution in [3.05, 3.63) is 0 Å². The van der Waals surface area contributed by atoms with Crippen molar-refractivity contribution in [2.45, 2.75) is 93.5 Å². The molecule has 0 aromatic heterocycles. The molecule has 1 unspecified atom stereocenters. The summed E-state index contributed by atoms with van der Waals surface area (Å²) in [7, 11) is -4.08. The van der Waals surface area contributed by atoms with E-state index in [9.17, 15) is 9.46 Å². The summed E-state index contributed by atoms with van der Waals surface area (Å²) >= 11 is -1.58. The summed E-state index contributed by atoms with van der Waals surface area (Å²) in [6, 6.07) is 0. The van der Waals surface area contributed by atoms with Gasteiger partial charge in [0, 0.05) is 0 Å². The molecule has 0 radical (unpaired) electrons. The summed E-state index contributed by atoms with van der Waals surface area (Å²) in [5.41, 5.74) is 6.67. The van der Waals surface area contributed by atoms with E-state index >= 15 is 0 Å². The Kier molecular flexibility index (Phi) is 14.3. The Labute approximate surface area is 146 Å². The van der Waals surface area contributed by atoms with Gasteiger partial charge in [0.1, 0.15) is 0 Å². The molecule has 0 aromatic carbocycles. The van der Waals surface area contributed by atoms with Crippen molar-refractivity contribution in [1.82, 2.24) is 0 Å². The molecule has 1 atom stereocenters. The van der Waals surface area contributed by atoms with Crippen molar-refractivity contribution < 1.29 is 18.5 Å². The molecule has 0 aromatic rings. The molecule has 4 nitrogen and oxygen atoms in total. The first-order valence-corrected chi connectivity index (χ1v) is 17.6. The first-order chi connectivity index (χ1) is 10.8. The molecule has 140 valence electrons. The SMILES string of the molecule is CCCCCCCCCCCCOP(=O)([O-])OCC[As+](C)(C)C. The van der Waals surface area contributed by atoms with Crippen LogP contribution >= 0.6 is 7.82 Å². The standard InChI is InChI=1S/C17H38AsO4P/c1-5-6-7-8-9-10-11-12-13-14-16-21-23(19,20)22-17-15-18(2,3)4/h5-17H2,1-4H3. The van der Waals surface area contributed by atoms with E-state index in [-0.39, 0.29) is 13.2 Å². The number of phosphoric acid groups is 1.